The fourth-order valence-corrected chi connectivity index (χ4v) is 2.28. The number of benzene rings is 2. The summed E-state index contributed by atoms with van der Waals surface area (Å²) in [4.78, 5) is 4.28. The van der Waals surface area contributed by atoms with E-state index in [0.717, 1.165) is 27.8 Å². The van der Waals surface area contributed by atoms with E-state index < -0.39 is 0 Å². The van der Waals surface area contributed by atoms with Crippen LogP contribution in [0, 0.1) is 5.82 Å². The predicted molar refractivity (Wildman–Crippen MR) is 80.4 cm³/mol. The Morgan fingerprint density at radius 2 is 1.90 bits per heavy atom. The topological polar surface area (TPSA) is 48.1 Å². The van der Waals surface area contributed by atoms with Crippen LogP contribution < -0.4 is 10.5 Å². The highest BCUT2D eigenvalue weighted by atomic mass is 19.1. The number of pyridine rings is 1. The van der Waals surface area contributed by atoms with Crippen LogP contribution in [0.5, 0.6) is 5.75 Å². The third-order valence-electron chi connectivity index (χ3n) is 3.25. The molecule has 0 aliphatic heterocycles. The number of rotatable bonds is 4. The molecule has 3 nitrogen and oxygen atoms in total. The Morgan fingerprint density at radius 3 is 2.76 bits per heavy atom. The molecule has 0 amide bonds. The summed E-state index contributed by atoms with van der Waals surface area (Å²) in [7, 11) is 0. The third kappa shape index (κ3) is 3.01. The second-order valence-electron chi connectivity index (χ2n) is 4.79. The first-order valence-corrected chi connectivity index (χ1v) is 6.71. The summed E-state index contributed by atoms with van der Waals surface area (Å²) in [6.07, 6.45) is 1.74. The molecule has 2 aromatic carbocycles. The monoisotopic (exact) mass is 282 g/mol. The number of nitrogens with zero attached hydrogens (tertiary/aromatic N) is 1. The van der Waals surface area contributed by atoms with E-state index in [1.807, 2.05) is 36.4 Å². The fraction of sp³-hybridized carbons (Fsp3) is 0.118. The van der Waals surface area contributed by atoms with Gasteiger partial charge in [-0.15, -0.1) is 0 Å². The SMILES string of the molecule is NCc1cc(F)cc(COc2cccc3ncccc23)c1. The van der Waals surface area contributed by atoms with Crippen molar-refractivity contribution in [3.8, 4) is 5.75 Å². The first-order chi connectivity index (χ1) is 10.3. The molecule has 0 aliphatic rings. The maximum atomic E-state index is 13.5. The number of aromatic nitrogens is 1. The van der Waals surface area contributed by atoms with Gasteiger partial charge in [-0.1, -0.05) is 12.1 Å². The van der Waals surface area contributed by atoms with Gasteiger partial charge in [0.15, 0.2) is 0 Å². The van der Waals surface area contributed by atoms with Crippen LogP contribution in [-0.4, -0.2) is 4.98 Å². The molecule has 0 unspecified atom stereocenters. The van der Waals surface area contributed by atoms with Gasteiger partial charge in [0.2, 0.25) is 0 Å². The zero-order valence-electron chi connectivity index (χ0n) is 11.4. The van der Waals surface area contributed by atoms with Gasteiger partial charge in [0.25, 0.3) is 0 Å². The number of fused-ring (bicyclic) bond motifs is 1. The molecule has 1 aromatic heterocycles. The highest BCUT2D eigenvalue weighted by molar-refractivity contribution is 5.84. The number of hydrogen-bond donors (Lipinski definition) is 1. The van der Waals surface area contributed by atoms with Crippen LogP contribution in [0.2, 0.25) is 0 Å². The average molecular weight is 282 g/mol. The highest BCUT2D eigenvalue weighted by Gasteiger charge is 2.04. The van der Waals surface area contributed by atoms with Gasteiger partial charge in [-0.3, -0.25) is 4.98 Å². The average Bonchev–Trinajstić information content (AvgIpc) is 2.52. The minimum absolute atomic E-state index is 0.290. The summed E-state index contributed by atoms with van der Waals surface area (Å²) in [6.45, 7) is 0.599. The molecule has 2 N–H and O–H groups in total. The van der Waals surface area contributed by atoms with E-state index in [1.165, 1.54) is 12.1 Å². The lowest BCUT2D eigenvalue weighted by Crippen LogP contribution is -2.01. The van der Waals surface area contributed by atoms with E-state index in [0.29, 0.717) is 13.2 Å². The van der Waals surface area contributed by atoms with E-state index in [9.17, 15) is 4.39 Å². The molecule has 3 rings (SSSR count). The van der Waals surface area contributed by atoms with E-state index in [1.54, 1.807) is 6.20 Å². The molecule has 1 heterocycles. The molecule has 0 saturated heterocycles. The van der Waals surface area contributed by atoms with Crippen molar-refractivity contribution in [2.75, 3.05) is 0 Å². The van der Waals surface area contributed by atoms with Crippen LogP contribution in [0.3, 0.4) is 0 Å². The second-order valence-corrected chi connectivity index (χ2v) is 4.79. The molecule has 4 heteroatoms. The number of nitrogens with two attached hydrogens (primary N) is 1. The van der Waals surface area contributed by atoms with E-state index in [2.05, 4.69) is 4.98 Å². The van der Waals surface area contributed by atoms with Crippen molar-refractivity contribution in [1.29, 1.82) is 0 Å². The number of ether oxygens (including phenoxy) is 1. The van der Waals surface area contributed by atoms with Gasteiger partial charge in [-0.05, 0) is 47.5 Å². The van der Waals surface area contributed by atoms with Gasteiger partial charge in [-0.25, -0.2) is 4.39 Å². The standard InChI is InChI=1S/C17H15FN2O/c18-14-8-12(10-19)7-13(9-14)11-21-17-5-1-4-16-15(17)3-2-6-20-16/h1-9H,10-11,19H2. The molecular weight excluding hydrogens is 267 g/mol. The minimum Gasteiger partial charge on any atom is -0.488 e. The van der Waals surface area contributed by atoms with Gasteiger partial charge in [0.1, 0.15) is 18.2 Å². The summed E-state index contributed by atoms with van der Waals surface area (Å²) in [6, 6.07) is 14.3. The fourth-order valence-electron chi connectivity index (χ4n) is 2.28. The van der Waals surface area contributed by atoms with Crippen LogP contribution in [0.1, 0.15) is 11.1 Å². The van der Waals surface area contributed by atoms with Gasteiger partial charge >= 0.3 is 0 Å². The molecular formula is C17H15FN2O. The molecule has 0 radical (unpaired) electrons. The Bertz CT molecular complexity index is 768. The summed E-state index contributed by atoms with van der Waals surface area (Å²) in [5.74, 6) is 0.440. The third-order valence-corrected chi connectivity index (χ3v) is 3.25. The van der Waals surface area contributed by atoms with Crippen molar-refractivity contribution in [2.24, 2.45) is 5.73 Å². The number of halogens is 1. The van der Waals surface area contributed by atoms with E-state index in [4.69, 9.17) is 10.5 Å². The largest absolute Gasteiger partial charge is 0.488 e. The van der Waals surface area contributed by atoms with Gasteiger partial charge in [-0.2, -0.15) is 0 Å². The zero-order chi connectivity index (χ0) is 14.7. The van der Waals surface area contributed by atoms with Crippen molar-refractivity contribution in [2.45, 2.75) is 13.2 Å². The Morgan fingerprint density at radius 1 is 1.05 bits per heavy atom. The summed E-state index contributed by atoms with van der Waals surface area (Å²) >= 11 is 0. The van der Waals surface area contributed by atoms with E-state index in [-0.39, 0.29) is 5.82 Å². The Hall–Kier alpha value is -2.46. The van der Waals surface area contributed by atoms with Crippen molar-refractivity contribution in [1.82, 2.24) is 4.98 Å². The molecule has 0 saturated carbocycles. The summed E-state index contributed by atoms with van der Waals surface area (Å²) in [5, 5.41) is 0.940. The Labute approximate surface area is 122 Å². The molecule has 0 aliphatic carbocycles. The maximum absolute atomic E-state index is 13.5. The van der Waals surface area contributed by atoms with Crippen LogP contribution in [0.25, 0.3) is 10.9 Å². The van der Waals surface area contributed by atoms with E-state index >= 15 is 0 Å². The molecule has 3 aromatic rings. The smallest absolute Gasteiger partial charge is 0.129 e. The summed E-state index contributed by atoms with van der Waals surface area (Å²) in [5.41, 5.74) is 7.94. The molecule has 106 valence electrons. The lowest BCUT2D eigenvalue weighted by molar-refractivity contribution is 0.309. The molecule has 21 heavy (non-hydrogen) atoms. The quantitative estimate of drug-likeness (QED) is 0.797. The Balaban J connectivity index is 1.85. The zero-order valence-corrected chi connectivity index (χ0v) is 11.4. The van der Waals surface area contributed by atoms with Gasteiger partial charge < -0.3 is 10.5 Å². The van der Waals surface area contributed by atoms with Gasteiger partial charge in [0.05, 0.1) is 5.52 Å². The number of hydrogen-bond acceptors (Lipinski definition) is 3. The van der Waals surface area contributed by atoms with Crippen molar-refractivity contribution in [3.63, 3.8) is 0 Å². The first-order valence-electron chi connectivity index (χ1n) is 6.71. The molecule has 0 spiro atoms. The van der Waals surface area contributed by atoms with Crippen LogP contribution in [0.15, 0.2) is 54.7 Å². The minimum atomic E-state index is -0.295. The first kappa shape index (κ1) is 13.5. The van der Waals surface area contributed by atoms with Crippen molar-refractivity contribution < 1.29 is 9.13 Å². The van der Waals surface area contributed by atoms with Crippen LogP contribution in [0.4, 0.5) is 4.39 Å². The predicted octanol–water partition coefficient (Wildman–Crippen LogP) is 3.41. The van der Waals surface area contributed by atoms with Crippen LogP contribution in [-0.2, 0) is 13.2 Å². The molecule has 0 fully saturated rings. The van der Waals surface area contributed by atoms with Crippen molar-refractivity contribution >= 4 is 10.9 Å². The van der Waals surface area contributed by atoms with Gasteiger partial charge in [0, 0.05) is 18.1 Å². The Kier molecular flexibility index (Phi) is 3.79. The second kappa shape index (κ2) is 5.89. The lowest BCUT2D eigenvalue weighted by atomic mass is 10.1. The molecule has 0 bridgehead atoms. The summed E-state index contributed by atoms with van der Waals surface area (Å²) < 4.78 is 19.3. The normalized spacial score (nSPS) is 10.8. The maximum Gasteiger partial charge on any atom is 0.129 e. The van der Waals surface area contributed by atoms with Crippen LogP contribution >= 0.6 is 0 Å². The van der Waals surface area contributed by atoms with Crippen molar-refractivity contribution in [3.05, 3.63) is 71.7 Å². The highest BCUT2D eigenvalue weighted by Crippen LogP contribution is 2.24. The molecule has 0 atom stereocenters. The lowest BCUT2D eigenvalue weighted by Gasteiger charge is -2.10.